The number of hydrogen-bond acceptors (Lipinski definition) is 9. The fourth-order valence-corrected chi connectivity index (χ4v) is 4.31. The molecule has 41 heavy (non-hydrogen) atoms. The number of aromatic nitrogens is 4. The van der Waals surface area contributed by atoms with Crippen LogP contribution in [0.4, 0.5) is 33.8 Å². The molecular formula is C30H38N8O3. The molecule has 4 aromatic rings. The van der Waals surface area contributed by atoms with Crippen LogP contribution in [0.2, 0.25) is 0 Å². The predicted octanol–water partition coefficient (Wildman–Crippen LogP) is 6.64. The maximum absolute atomic E-state index is 13.0. The van der Waals surface area contributed by atoms with Crippen LogP contribution in [-0.2, 0) is 5.41 Å². The molecule has 1 fully saturated rings. The van der Waals surface area contributed by atoms with Crippen molar-refractivity contribution < 1.29 is 13.9 Å². The number of rotatable bonds is 10. The van der Waals surface area contributed by atoms with Gasteiger partial charge >= 0.3 is 6.09 Å². The zero-order chi connectivity index (χ0) is 29.1. The van der Waals surface area contributed by atoms with E-state index in [0.717, 1.165) is 48.8 Å². The van der Waals surface area contributed by atoms with Gasteiger partial charge in [0.1, 0.15) is 23.7 Å². The van der Waals surface area contributed by atoms with E-state index in [1.807, 2.05) is 60.7 Å². The molecule has 0 saturated heterocycles. The summed E-state index contributed by atoms with van der Waals surface area (Å²) in [5.74, 6) is 3.75. The van der Waals surface area contributed by atoms with Gasteiger partial charge in [-0.05, 0) is 51.3 Å². The highest BCUT2D eigenvalue weighted by Gasteiger charge is 2.26. The Kier molecular flexibility index (Phi) is 7.87. The molecule has 3 aromatic heterocycles. The molecule has 3 heterocycles. The molecule has 3 N–H and O–H groups in total. The third-order valence-electron chi connectivity index (χ3n) is 6.87. The molecular weight excluding hydrogens is 520 g/mol. The average Bonchev–Trinajstić information content (AvgIpc) is 3.45. The molecule has 0 atom stereocenters. The van der Waals surface area contributed by atoms with E-state index in [-0.39, 0.29) is 5.41 Å². The lowest BCUT2D eigenvalue weighted by atomic mass is 9.93. The third kappa shape index (κ3) is 6.62. The second-order valence-corrected chi connectivity index (χ2v) is 11.2. The van der Waals surface area contributed by atoms with Crippen molar-refractivity contribution in [2.24, 2.45) is 0 Å². The van der Waals surface area contributed by atoms with E-state index < -0.39 is 6.09 Å². The van der Waals surface area contributed by atoms with Crippen LogP contribution < -0.4 is 25.6 Å². The number of hydrogen-bond donors (Lipinski definition) is 3. The molecule has 11 heteroatoms. The zero-order valence-corrected chi connectivity index (χ0v) is 24.5. The Labute approximate surface area is 240 Å². The summed E-state index contributed by atoms with van der Waals surface area (Å²) in [5.41, 5.74) is 2.10. The first kappa shape index (κ1) is 28.0. The summed E-state index contributed by atoms with van der Waals surface area (Å²) in [4.78, 5) is 28.3. The van der Waals surface area contributed by atoms with E-state index in [1.54, 1.807) is 18.6 Å². The lowest BCUT2D eigenvalue weighted by Crippen LogP contribution is -2.23. The van der Waals surface area contributed by atoms with Crippen LogP contribution in [0.3, 0.4) is 0 Å². The first-order valence-corrected chi connectivity index (χ1v) is 14.0. The molecule has 1 saturated carbocycles. The quantitative estimate of drug-likeness (QED) is 0.197. The lowest BCUT2D eigenvalue weighted by Gasteiger charge is -2.19. The standard InChI is InChI=1S/C30H38N8O3/c1-7-37(8-2)27-23(16-24(41-27)30(4,5)6)40-29(39)35-21-10-9-19(3)22(15-21)36-28-31-13-14-38(28)26-17-25(32-18-33-26)34-20-11-12-20/h9-10,13-18,20H,7-8,11-12H2,1-6H3,(H,31,36)(H,35,39)(H,32,33,34). The SMILES string of the molecule is CCN(CC)c1oc(C(C)(C)C)cc1OC(=O)Nc1ccc(C)c(Nc2nccn2-c2cc(NC3CC3)ncn2)c1. The summed E-state index contributed by atoms with van der Waals surface area (Å²) in [7, 11) is 0. The van der Waals surface area contributed by atoms with E-state index in [2.05, 4.69) is 51.7 Å². The topological polar surface area (TPSA) is 122 Å². The van der Waals surface area contributed by atoms with Gasteiger partial charge in [-0.3, -0.25) is 9.88 Å². The molecule has 11 nitrogen and oxygen atoms in total. The minimum Gasteiger partial charge on any atom is -0.441 e. The molecule has 216 valence electrons. The number of carbonyl (C=O) groups is 1. The Balaban J connectivity index is 1.32. The van der Waals surface area contributed by atoms with Crippen molar-refractivity contribution in [1.82, 2.24) is 19.5 Å². The molecule has 0 aliphatic heterocycles. The Bertz CT molecular complexity index is 1510. The number of nitrogens with one attached hydrogen (secondary N) is 3. The molecule has 0 spiro atoms. The van der Waals surface area contributed by atoms with Crippen LogP contribution >= 0.6 is 0 Å². The van der Waals surface area contributed by atoms with Crippen LogP contribution in [0.5, 0.6) is 5.75 Å². The van der Waals surface area contributed by atoms with Gasteiger partial charge in [-0.25, -0.2) is 19.7 Å². The van der Waals surface area contributed by atoms with E-state index in [0.29, 0.717) is 35.1 Å². The van der Waals surface area contributed by atoms with Crippen molar-refractivity contribution in [3.63, 3.8) is 0 Å². The molecule has 1 amide bonds. The number of aryl methyl sites for hydroxylation is 1. The lowest BCUT2D eigenvalue weighted by molar-refractivity contribution is 0.215. The summed E-state index contributed by atoms with van der Waals surface area (Å²) >= 11 is 0. The van der Waals surface area contributed by atoms with E-state index >= 15 is 0 Å². The van der Waals surface area contributed by atoms with Crippen molar-refractivity contribution in [2.45, 2.75) is 65.8 Å². The van der Waals surface area contributed by atoms with Gasteiger partial charge in [0.25, 0.3) is 0 Å². The Morgan fingerprint density at radius 1 is 1.12 bits per heavy atom. The van der Waals surface area contributed by atoms with Crippen LogP contribution in [0, 0.1) is 6.92 Å². The number of nitrogens with zero attached hydrogens (tertiary/aromatic N) is 5. The second-order valence-electron chi connectivity index (χ2n) is 11.2. The highest BCUT2D eigenvalue weighted by molar-refractivity contribution is 5.88. The predicted molar refractivity (Wildman–Crippen MR) is 161 cm³/mol. The molecule has 5 rings (SSSR count). The third-order valence-corrected chi connectivity index (χ3v) is 6.87. The first-order chi connectivity index (χ1) is 19.6. The second kappa shape index (κ2) is 11.5. The largest absolute Gasteiger partial charge is 0.441 e. The summed E-state index contributed by atoms with van der Waals surface area (Å²) in [6, 6.07) is 9.78. The first-order valence-electron chi connectivity index (χ1n) is 14.0. The molecule has 1 aromatic carbocycles. The van der Waals surface area contributed by atoms with Gasteiger partial charge in [0.2, 0.25) is 11.8 Å². The van der Waals surface area contributed by atoms with Crippen LogP contribution in [0.1, 0.15) is 58.8 Å². The number of carbonyl (C=O) groups excluding carboxylic acids is 1. The normalized spacial score (nSPS) is 13.1. The molecule has 0 radical (unpaired) electrons. The maximum Gasteiger partial charge on any atom is 0.417 e. The van der Waals surface area contributed by atoms with Crippen molar-refractivity contribution in [3.05, 3.63) is 60.4 Å². The highest BCUT2D eigenvalue weighted by atomic mass is 16.6. The van der Waals surface area contributed by atoms with Gasteiger partial charge in [0.15, 0.2) is 5.75 Å². The van der Waals surface area contributed by atoms with Crippen LogP contribution in [-0.4, -0.2) is 44.7 Å². The van der Waals surface area contributed by atoms with Crippen molar-refractivity contribution >= 4 is 35.1 Å². The van der Waals surface area contributed by atoms with Gasteiger partial charge in [0, 0.05) is 60.4 Å². The van der Waals surface area contributed by atoms with Crippen LogP contribution in [0.25, 0.3) is 5.82 Å². The number of amides is 1. The minimum absolute atomic E-state index is 0.232. The molecule has 0 bridgehead atoms. The number of benzene rings is 1. The molecule has 1 aliphatic carbocycles. The number of anilines is 5. The maximum atomic E-state index is 13.0. The average molecular weight is 559 g/mol. The van der Waals surface area contributed by atoms with Gasteiger partial charge in [-0.2, -0.15) is 0 Å². The summed E-state index contributed by atoms with van der Waals surface area (Å²) in [6.45, 7) is 13.7. The number of ether oxygens (including phenoxy) is 1. The summed E-state index contributed by atoms with van der Waals surface area (Å²) in [6.07, 6.45) is 6.80. The van der Waals surface area contributed by atoms with Gasteiger partial charge in [-0.1, -0.05) is 26.8 Å². The van der Waals surface area contributed by atoms with Gasteiger partial charge in [0.05, 0.1) is 0 Å². The van der Waals surface area contributed by atoms with E-state index in [9.17, 15) is 4.79 Å². The molecule has 1 aliphatic rings. The van der Waals surface area contributed by atoms with Crippen LogP contribution in [0.15, 0.2) is 53.5 Å². The van der Waals surface area contributed by atoms with E-state index in [4.69, 9.17) is 9.15 Å². The van der Waals surface area contributed by atoms with Gasteiger partial charge in [-0.15, -0.1) is 0 Å². The monoisotopic (exact) mass is 558 g/mol. The Morgan fingerprint density at radius 2 is 1.90 bits per heavy atom. The highest BCUT2D eigenvalue weighted by Crippen LogP contribution is 2.38. The van der Waals surface area contributed by atoms with Crippen molar-refractivity contribution in [2.75, 3.05) is 33.9 Å². The minimum atomic E-state index is -0.604. The number of furan rings is 1. The summed E-state index contributed by atoms with van der Waals surface area (Å²) in [5, 5.41) is 9.62. The zero-order valence-electron chi connectivity index (χ0n) is 24.5. The van der Waals surface area contributed by atoms with Crippen molar-refractivity contribution in [1.29, 1.82) is 0 Å². The van der Waals surface area contributed by atoms with Gasteiger partial charge < -0.3 is 24.7 Å². The Hall–Kier alpha value is -4.54. The molecule has 0 unspecified atom stereocenters. The number of imidazole rings is 1. The fraction of sp³-hybridized carbons (Fsp3) is 0.400. The Morgan fingerprint density at radius 3 is 2.61 bits per heavy atom. The summed E-state index contributed by atoms with van der Waals surface area (Å²) < 4.78 is 13.8. The fourth-order valence-electron chi connectivity index (χ4n) is 4.31. The smallest absolute Gasteiger partial charge is 0.417 e. The van der Waals surface area contributed by atoms with E-state index in [1.165, 1.54) is 0 Å². The van der Waals surface area contributed by atoms with Crippen molar-refractivity contribution in [3.8, 4) is 11.6 Å².